The van der Waals surface area contributed by atoms with E-state index in [2.05, 4.69) is 33.2 Å². The van der Waals surface area contributed by atoms with Gasteiger partial charge in [0.1, 0.15) is 18.7 Å². The molecule has 2 N–H and O–H groups in total. The molecule has 2 amide bonds. The summed E-state index contributed by atoms with van der Waals surface area (Å²) in [4.78, 5) is 38.2. The molecule has 0 heterocycles. The Morgan fingerprint density at radius 1 is 0.743 bits per heavy atom. The van der Waals surface area contributed by atoms with Crippen molar-refractivity contribution in [2.45, 2.75) is 31.5 Å². The first-order valence-electron chi connectivity index (χ1n) is 11.1. The number of alkyl carbamates (subject to hydrolysis) is 1. The van der Waals surface area contributed by atoms with E-state index in [9.17, 15) is 14.4 Å². The van der Waals surface area contributed by atoms with Crippen molar-refractivity contribution in [2.24, 2.45) is 0 Å². The summed E-state index contributed by atoms with van der Waals surface area (Å²) >= 11 is 2.20. The van der Waals surface area contributed by atoms with Gasteiger partial charge in [0.25, 0.3) is 0 Å². The van der Waals surface area contributed by atoms with Crippen LogP contribution in [-0.4, -0.2) is 37.2 Å². The quantitative estimate of drug-likeness (QED) is 0.277. The first-order valence-corrected chi connectivity index (χ1v) is 12.2. The minimum atomic E-state index is -0.954. The Bertz CT molecular complexity index is 1110. The number of carbonyl (C=O) groups is 3. The van der Waals surface area contributed by atoms with E-state index in [0.717, 1.165) is 20.3 Å². The molecule has 0 unspecified atom stereocenters. The SMILES string of the molecule is COC(=O)[C@@H](Cc1ccc(I)cc1)NC(=O)[C@H](Cc1ccccc1)NC(=O)OCc1ccccc1. The van der Waals surface area contributed by atoms with Crippen molar-refractivity contribution < 1.29 is 23.9 Å². The molecule has 35 heavy (non-hydrogen) atoms. The Hall–Kier alpha value is -3.40. The predicted molar refractivity (Wildman–Crippen MR) is 141 cm³/mol. The fourth-order valence-corrected chi connectivity index (χ4v) is 3.79. The summed E-state index contributed by atoms with van der Waals surface area (Å²) in [5.74, 6) is -1.08. The van der Waals surface area contributed by atoms with E-state index >= 15 is 0 Å². The Morgan fingerprint density at radius 2 is 1.29 bits per heavy atom. The summed E-state index contributed by atoms with van der Waals surface area (Å²) in [6.07, 6.45) is -0.242. The van der Waals surface area contributed by atoms with Crippen molar-refractivity contribution in [1.29, 1.82) is 0 Å². The summed E-state index contributed by atoms with van der Waals surface area (Å²) in [5.41, 5.74) is 2.55. The van der Waals surface area contributed by atoms with Gasteiger partial charge in [-0.05, 0) is 51.4 Å². The van der Waals surface area contributed by atoms with Crippen molar-refractivity contribution in [2.75, 3.05) is 7.11 Å². The lowest BCUT2D eigenvalue weighted by atomic mass is 10.0. The van der Waals surface area contributed by atoms with Gasteiger partial charge in [-0.15, -0.1) is 0 Å². The number of hydrogen-bond donors (Lipinski definition) is 2. The highest BCUT2D eigenvalue weighted by Gasteiger charge is 2.28. The molecular weight excluding hydrogens is 559 g/mol. The van der Waals surface area contributed by atoms with Crippen LogP contribution in [0.2, 0.25) is 0 Å². The molecule has 0 aliphatic heterocycles. The third kappa shape index (κ3) is 8.71. The van der Waals surface area contributed by atoms with Crippen LogP contribution in [0.25, 0.3) is 0 Å². The molecule has 0 saturated heterocycles. The molecule has 3 rings (SSSR count). The number of methoxy groups -OCH3 is 1. The fraction of sp³-hybridized carbons (Fsp3) is 0.222. The average Bonchev–Trinajstić information content (AvgIpc) is 2.88. The van der Waals surface area contributed by atoms with Crippen molar-refractivity contribution >= 4 is 40.6 Å². The maximum Gasteiger partial charge on any atom is 0.408 e. The van der Waals surface area contributed by atoms with Crippen molar-refractivity contribution in [1.82, 2.24) is 10.6 Å². The monoisotopic (exact) mass is 586 g/mol. The molecule has 0 fully saturated rings. The normalized spacial score (nSPS) is 12.2. The second-order valence-electron chi connectivity index (χ2n) is 7.86. The van der Waals surface area contributed by atoms with Gasteiger partial charge in [0, 0.05) is 16.4 Å². The van der Waals surface area contributed by atoms with Gasteiger partial charge in [-0.1, -0.05) is 72.8 Å². The van der Waals surface area contributed by atoms with Gasteiger partial charge in [-0.2, -0.15) is 0 Å². The average molecular weight is 586 g/mol. The van der Waals surface area contributed by atoms with Crippen molar-refractivity contribution in [3.8, 4) is 0 Å². The fourth-order valence-electron chi connectivity index (χ4n) is 3.43. The van der Waals surface area contributed by atoms with Crippen LogP contribution in [0, 0.1) is 3.57 Å². The summed E-state index contributed by atoms with van der Waals surface area (Å²) in [6, 6.07) is 24.3. The number of hydrogen-bond acceptors (Lipinski definition) is 5. The van der Waals surface area contributed by atoms with E-state index in [1.807, 2.05) is 84.9 Å². The molecule has 0 radical (unpaired) electrons. The van der Waals surface area contributed by atoms with E-state index in [0.29, 0.717) is 0 Å². The molecule has 3 aromatic rings. The molecule has 3 aromatic carbocycles. The number of rotatable bonds is 10. The van der Waals surface area contributed by atoms with Crippen LogP contribution >= 0.6 is 22.6 Å². The van der Waals surface area contributed by atoms with Crippen LogP contribution in [0.1, 0.15) is 16.7 Å². The van der Waals surface area contributed by atoms with Crippen molar-refractivity contribution in [3.05, 3.63) is 105 Å². The number of carbonyl (C=O) groups excluding carboxylic acids is 3. The zero-order chi connectivity index (χ0) is 25.0. The number of benzene rings is 3. The highest BCUT2D eigenvalue weighted by atomic mass is 127. The van der Waals surface area contributed by atoms with E-state index < -0.39 is 30.1 Å². The lowest BCUT2D eigenvalue weighted by molar-refractivity contribution is -0.145. The Labute approximate surface area is 218 Å². The topological polar surface area (TPSA) is 93.7 Å². The number of halogens is 1. The number of amides is 2. The smallest absolute Gasteiger partial charge is 0.408 e. The number of nitrogens with one attached hydrogen (secondary N) is 2. The van der Waals surface area contributed by atoms with Crippen LogP contribution in [0.3, 0.4) is 0 Å². The standard InChI is InChI=1S/C27H27IN2O5/c1-34-26(32)24(17-20-12-14-22(28)15-13-20)29-25(31)23(16-19-8-4-2-5-9-19)30-27(33)35-18-21-10-6-3-7-11-21/h2-15,23-24H,16-18H2,1H3,(H,29,31)(H,30,33)/t23-,24+/m0/s1. The maximum absolute atomic E-state index is 13.2. The number of ether oxygens (including phenoxy) is 2. The second-order valence-corrected chi connectivity index (χ2v) is 9.11. The molecule has 182 valence electrons. The van der Waals surface area contributed by atoms with Crippen LogP contribution in [0.4, 0.5) is 4.79 Å². The van der Waals surface area contributed by atoms with Gasteiger partial charge in [0.05, 0.1) is 7.11 Å². The summed E-state index contributed by atoms with van der Waals surface area (Å²) in [5, 5.41) is 5.39. The van der Waals surface area contributed by atoms with Gasteiger partial charge in [0.15, 0.2) is 0 Å². The maximum atomic E-state index is 13.2. The van der Waals surface area contributed by atoms with E-state index in [1.165, 1.54) is 7.11 Å². The molecule has 0 aromatic heterocycles. The molecule has 0 saturated carbocycles. The zero-order valence-corrected chi connectivity index (χ0v) is 21.4. The van der Waals surface area contributed by atoms with Gasteiger partial charge < -0.3 is 20.1 Å². The van der Waals surface area contributed by atoms with Gasteiger partial charge in [-0.25, -0.2) is 9.59 Å². The third-order valence-corrected chi connectivity index (χ3v) is 5.98. The predicted octanol–water partition coefficient (Wildman–Crippen LogP) is 4.03. The van der Waals surface area contributed by atoms with Gasteiger partial charge in [-0.3, -0.25) is 4.79 Å². The van der Waals surface area contributed by atoms with E-state index in [-0.39, 0.29) is 19.4 Å². The first-order chi connectivity index (χ1) is 16.9. The van der Waals surface area contributed by atoms with Gasteiger partial charge in [0.2, 0.25) is 5.91 Å². The van der Waals surface area contributed by atoms with Crippen LogP contribution in [0.5, 0.6) is 0 Å². The third-order valence-electron chi connectivity index (χ3n) is 5.26. The molecule has 0 bridgehead atoms. The highest BCUT2D eigenvalue weighted by Crippen LogP contribution is 2.11. The number of esters is 1. The lowest BCUT2D eigenvalue weighted by Gasteiger charge is -2.22. The minimum Gasteiger partial charge on any atom is -0.467 e. The van der Waals surface area contributed by atoms with Crippen LogP contribution in [-0.2, 0) is 38.5 Å². The second kappa shape index (κ2) is 13.5. The minimum absolute atomic E-state index is 0.0734. The molecule has 0 aliphatic rings. The van der Waals surface area contributed by atoms with E-state index in [4.69, 9.17) is 9.47 Å². The first kappa shape index (κ1) is 26.2. The zero-order valence-electron chi connectivity index (χ0n) is 19.3. The largest absolute Gasteiger partial charge is 0.467 e. The molecule has 8 heteroatoms. The molecule has 0 spiro atoms. The van der Waals surface area contributed by atoms with Crippen molar-refractivity contribution in [3.63, 3.8) is 0 Å². The van der Waals surface area contributed by atoms with Gasteiger partial charge >= 0.3 is 12.1 Å². The summed E-state index contributed by atoms with van der Waals surface area (Å²) < 4.78 is 11.3. The summed E-state index contributed by atoms with van der Waals surface area (Å²) in [6.45, 7) is 0.0734. The van der Waals surface area contributed by atoms with E-state index in [1.54, 1.807) is 0 Å². The molecule has 0 aliphatic carbocycles. The summed E-state index contributed by atoms with van der Waals surface area (Å²) in [7, 11) is 1.27. The molecule has 7 nitrogen and oxygen atoms in total. The van der Waals surface area contributed by atoms with Crippen LogP contribution in [0.15, 0.2) is 84.9 Å². The Morgan fingerprint density at radius 3 is 1.89 bits per heavy atom. The molecule has 2 atom stereocenters. The lowest BCUT2D eigenvalue weighted by Crippen LogP contribution is -2.53. The van der Waals surface area contributed by atoms with Crippen LogP contribution < -0.4 is 10.6 Å². The highest BCUT2D eigenvalue weighted by molar-refractivity contribution is 14.1. The Balaban J connectivity index is 1.71. The Kier molecular flexibility index (Phi) is 10.1. The molecular formula is C27H27IN2O5.